The van der Waals surface area contributed by atoms with Gasteiger partial charge in [0.15, 0.2) is 0 Å². The molecule has 0 spiro atoms. The molecule has 1 nitrogen and oxygen atoms in total. The van der Waals surface area contributed by atoms with Gasteiger partial charge in [-0.3, -0.25) is 0 Å². The van der Waals surface area contributed by atoms with Gasteiger partial charge in [-0.05, 0) is 24.1 Å². The highest BCUT2D eigenvalue weighted by molar-refractivity contribution is 5.32. The molecule has 0 radical (unpaired) electrons. The van der Waals surface area contributed by atoms with Gasteiger partial charge in [-0.2, -0.15) is 13.2 Å². The molecule has 1 rings (SSSR count). The zero-order valence-corrected chi connectivity index (χ0v) is 9.39. The second-order valence-corrected chi connectivity index (χ2v) is 3.89. The summed E-state index contributed by atoms with van der Waals surface area (Å²) in [6, 6.07) is 2.35. The fourth-order valence-electron chi connectivity index (χ4n) is 1.62. The molecule has 1 N–H and O–H groups in total. The van der Waals surface area contributed by atoms with Crippen molar-refractivity contribution >= 4 is 0 Å². The van der Waals surface area contributed by atoms with Crippen LogP contribution in [0.4, 0.5) is 17.6 Å². The van der Waals surface area contributed by atoms with Crippen molar-refractivity contribution in [3.63, 3.8) is 0 Å². The van der Waals surface area contributed by atoms with Gasteiger partial charge in [0.1, 0.15) is 5.82 Å². The van der Waals surface area contributed by atoms with E-state index in [1.165, 1.54) is 0 Å². The summed E-state index contributed by atoms with van der Waals surface area (Å²) in [6.45, 7) is 1.88. The molecule has 5 heteroatoms. The monoisotopic (exact) mass is 250 g/mol. The first-order chi connectivity index (χ1) is 7.86. The van der Waals surface area contributed by atoms with E-state index in [2.05, 4.69) is 0 Å². The van der Waals surface area contributed by atoms with Crippen LogP contribution in [0, 0.1) is 5.82 Å². The number of benzene rings is 1. The molecule has 0 bridgehead atoms. The van der Waals surface area contributed by atoms with Crippen molar-refractivity contribution in [2.24, 2.45) is 0 Å². The molecule has 0 saturated carbocycles. The van der Waals surface area contributed by atoms with Crippen LogP contribution in [0.3, 0.4) is 0 Å². The molecule has 0 aromatic heterocycles. The Kier molecular flexibility index (Phi) is 4.51. The van der Waals surface area contributed by atoms with Crippen LogP contribution in [0.15, 0.2) is 18.2 Å². The van der Waals surface area contributed by atoms with Crippen molar-refractivity contribution < 1.29 is 22.7 Å². The van der Waals surface area contributed by atoms with Gasteiger partial charge < -0.3 is 5.11 Å². The molecule has 1 unspecified atom stereocenters. The lowest BCUT2D eigenvalue weighted by Gasteiger charge is -2.17. The third-order valence-electron chi connectivity index (χ3n) is 2.51. The smallest absolute Gasteiger partial charge is 0.388 e. The summed E-state index contributed by atoms with van der Waals surface area (Å²) in [5.74, 6) is -0.955. The molecule has 0 aliphatic heterocycles. The van der Waals surface area contributed by atoms with Crippen LogP contribution in [-0.4, -0.2) is 5.11 Å². The Morgan fingerprint density at radius 2 is 1.94 bits per heavy atom. The number of halogens is 4. The Hall–Kier alpha value is -1.10. The number of hydrogen-bond donors (Lipinski definition) is 1. The molecule has 0 aliphatic rings. The quantitative estimate of drug-likeness (QED) is 0.799. The van der Waals surface area contributed by atoms with E-state index in [-0.39, 0.29) is 12.0 Å². The van der Waals surface area contributed by atoms with Crippen molar-refractivity contribution in [3.8, 4) is 0 Å². The predicted octanol–water partition coefficient (Wildman–Crippen LogP) is 4.07. The molecule has 1 atom stereocenters. The summed E-state index contributed by atoms with van der Waals surface area (Å²) < 4.78 is 50.7. The third-order valence-corrected chi connectivity index (χ3v) is 2.51. The summed E-state index contributed by atoms with van der Waals surface area (Å²) in [4.78, 5) is 0. The van der Waals surface area contributed by atoms with Crippen LogP contribution in [-0.2, 0) is 6.18 Å². The number of unbranched alkanes of at least 4 members (excludes halogenated alkanes) is 1. The molecule has 17 heavy (non-hydrogen) atoms. The van der Waals surface area contributed by atoms with E-state index in [1.807, 2.05) is 6.92 Å². The Morgan fingerprint density at radius 3 is 2.47 bits per heavy atom. The minimum absolute atomic E-state index is 0.241. The van der Waals surface area contributed by atoms with Crippen LogP contribution >= 0.6 is 0 Å². The van der Waals surface area contributed by atoms with Crippen LogP contribution < -0.4 is 0 Å². The molecular weight excluding hydrogens is 236 g/mol. The van der Waals surface area contributed by atoms with Crippen molar-refractivity contribution in [2.45, 2.75) is 38.5 Å². The van der Waals surface area contributed by atoms with E-state index in [0.29, 0.717) is 12.5 Å². The van der Waals surface area contributed by atoms with Crippen LogP contribution in [0.1, 0.15) is 43.4 Å². The van der Waals surface area contributed by atoms with Crippen molar-refractivity contribution in [2.75, 3.05) is 0 Å². The highest BCUT2D eigenvalue weighted by Crippen LogP contribution is 2.36. The topological polar surface area (TPSA) is 20.2 Å². The number of aliphatic hydroxyl groups is 1. The second-order valence-electron chi connectivity index (χ2n) is 3.89. The predicted molar refractivity (Wildman–Crippen MR) is 55.9 cm³/mol. The minimum atomic E-state index is -4.65. The summed E-state index contributed by atoms with van der Waals surface area (Å²) >= 11 is 0. The Balaban J connectivity index is 3.06. The van der Waals surface area contributed by atoms with Gasteiger partial charge in [0, 0.05) is 0 Å². The Morgan fingerprint density at radius 1 is 1.29 bits per heavy atom. The molecular formula is C12H14F4O. The number of rotatable bonds is 4. The van der Waals surface area contributed by atoms with Crippen molar-refractivity contribution in [3.05, 3.63) is 35.1 Å². The lowest BCUT2D eigenvalue weighted by atomic mass is 9.98. The van der Waals surface area contributed by atoms with E-state index in [9.17, 15) is 22.7 Å². The molecule has 0 amide bonds. The second kappa shape index (κ2) is 5.49. The van der Waals surface area contributed by atoms with E-state index < -0.39 is 23.7 Å². The first kappa shape index (κ1) is 14.0. The van der Waals surface area contributed by atoms with Gasteiger partial charge in [-0.1, -0.05) is 25.8 Å². The molecule has 1 aromatic rings. The maximum atomic E-state index is 12.8. The SMILES string of the molecule is CCCCC(O)c1ccc(F)cc1C(F)(F)F. The number of hydrogen-bond acceptors (Lipinski definition) is 1. The zero-order chi connectivity index (χ0) is 13.1. The first-order valence-electron chi connectivity index (χ1n) is 5.41. The lowest BCUT2D eigenvalue weighted by molar-refractivity contribution is -0.139. The normalized spacial score (nSPS) is 13.8. The third kappa shape index (κ3) is 3.70. The van der Waals surface area contributed by atoms with E-state index in [4.69, 9.17) is 0 Å². The minimum Gasteiger partial charge on any atom is -0.388 e. The standard InChI is InChI=1S/C12H14F4O/c1-2-3-4-11(17)9-6-5-8(13)7-10(9)12(14,15)16/h5-7,11,17H,2-4H2,1H3. The van der Waals surface area contributed by atoms with Gasteiger partial charge >= 0.3 is 6.18 Å². The van der Waals surface area contributed by atoms with Gasteiger partial charge in [0.25, 0.3) is 0 Å². The molecule has 0 heterocycles. The van der Waals surface area contributed by atoms with E-state index >= 15 is 0 Å². The van der Waals surface area contributed by atoms with Crippen LogP contribution in [0.5, 0.6) is 0 Å². The largest absolute Gasteiger partial charge is 0.416 e. The van der Waals surface area contributed by atoms with Crippen LogP contribution in [0.2, 0.25) is 0 Å². The summed E-state index contributed by atoms with van der Waals surface area (Å²) in [6.07, 6.45) is -4.21. The summed E-state index contributed by atoms with van der Waals surface area (Å²) in [7, 11) is 0. The highest BCUT2D eigenvalue weighted by atomic mass is 19.4. The Bertz CT molecular complexity index is 373. The average molecular weight is 250 g/mol. The number of alkyl halides is 3. The number of aliphatic hydroxyl groups excluding tert-OH is 1. The fraction of sp³-hybridized carbons (Fsp3) is 0.500. The van der Waals surface area contributed by atoms with Crippen LogP contribution in [0.25, 0.3) is 0 Å². The van der Waals surface area contributed by atoms with Gasteiger partial charge in [0.05, 0.1) is 11.7 Å². The molecule has 0 fully saturated rings. The molecule has 96 valence electrons. The van der Waals surface area contributed by atoms with E-state index in [0.717, 1.165) is 18.6 Å². The maximum Gasteiger partial charge on any atom is 0.416 e. The van der Waals surface area contributed by atoms with Gasteiger partial charge in [-0.25, -0.2) is 4.39 Å². The Labute approximate surface area is 97.1 Å². The summed E-state index contributed by atoms with van der Waals surface area (Å²) in [5.41, 5.74) is -1.35. The zero-order valence-electron chi connectivity index (χ0n) is 9.39. The maximum absolute atomic E-state index is 12.8. The van der Waals surface area contributed by atoms with Crippen molar-refractivity contribution in [1.29, 1.82) is 0 Å². The fourth-order valence-corrected chi connectivity index (χ4v) is 1.62. The molecule has 0 aliphatic carbocycles. The molecule has 1 aromatic carbocycles. The molecule has 0 saturated heterocycles. The van der Waals surface area contributed by atoms with E-state index in [1.54, 1.807) is 0 Å². The highest BCUT2D eigenvalue weighted by Gasteiger charge is 2.35. The van der Waals surface area contributed by atoms with Gasteiger partial charge in [0.2, 0.25) is 0 Å². The van der Waals surface area contributed by atoms with Gasteiger partial charge in [-0.15, -0.1) is 0 Å². The first-order valence-corrected chi connectivity index (χ1v) is 5.41. The lowest BCUT2D eigenvalue weighted by Crippen LogP contribution is -2.12. The summed E-state index contributed by atoms with van der Waals surface area (Å²) in [5, 5.41) is 9.66. The average Bonchev–Trinajstić information content (AvgIpc) is 2.24. The van der Waals surface area contributed by atoms with Crippen molar-refractivity contribution in [1.82, 2.24) is 0 Å².